The molecule has 1 spiro atoms. The number of hydrogen-bond acceptors (Lipinski definition) is 4. The molecule has 2 heterocycles. The third kappa shape index (κ3) is 2.72. The van der Waals surface area contributed by atoms with Gasteiger partial charge in [-0.25, -0.2) is 17.6 Å². The number of sulfonamides is 1. The van der Waals surface area contributed by atoms with Crippen molar-refractivity contribution in [1.82, 2.24) is 10.2 Å². The molecule has 7 nitrogen and oxygen atoms in total. The maximum absolute atomic E-state index is 13.7. The van der Waals surface area contributed by atoms with Gasteiger partial charge in [-0.3, -0.25) is 4.31 Å². The van der Waals surface area contributed by atoms with Crippen LogP contribution >= 0.6 is 0 Å². The van der Waals surface area contributed by atoms with Gasteiger partial charge in [-0.2, -0.15) is 0 Å². The molecule has 2 aliphatic heterocycles. The molecule has 1 saturated heterocycles. The lowest BCUT2D eigenvalue weighted by atomic mass is 9.81. The third-order valence-corrected chi connectivity index (χ3v) is 6.50. The summed E-state index contributed by atoms with van der Waals surface area (Å²) in [6.07, 6.45) is -0.469. The number of likely N-dealkylation sites (tertiary alicyclic amines) is 1. The van der Waals surface area contributed by atoms with Crippen molar-refractivity contribution in [2.75, 3.05) is 17.9 Å². The van der Waals surface area contributed by atoms with Crippen molar-refractivity contribution >= 4 is 21.8 Å². The Labute approximate surface area is 145 Å². The summed E-state index contributed by atoms with van der Waals surface area (Å²) in [4.78, 5) is 12.7. The van der Waals surface area contributed by atoms with Gasteiger partial charge < -0.3 is 15.3 Å². The zero-order chi connectivity index (χ0) is 18.4. The van der Waals surface area contributed by atoms with Crippen LogP contribution in [0.4, 0.5) is 14.9 Å². The third-order valence-electron chi connectivity index (χ3n) is 4.90. The fourth-order valence-corrected chi connectivity index (χ4v) is 5.79. The molecule has 3 rings (SSSR count). The zero-order valence-electron chi connectivity index (χ0n) is 13.9. The number of likely N-dealkylation sites (N-methyl/N-ethyl adjacent to an activating group) is 1. The summed E-state index contributed by atoms with van der Waals surface area (Å²) < 4.78 is 40.5. The lowest BCUT2D eigenvalue weighted by molar-refractivity contribution is 0.0952. The first-order valence-electron chi connectivity index (χ1n) is 7.92. The predicted octanol–water partition coefficient (Wildman–Crippen LogP) is 1.94. The van der Waals surface area contributed by atoms with Gasteiger partial charge in [-0.05, 0) is 38.0 Å². The predicted molar refractivity (Wildman–Crippen MR) is 91.1 cm³/mol. The van der Waals surface area contributed by atoms with E-state index in [9.17, 15) is 22.7 Å². The van der Waals surface area contributed by atoms with Gasteiger partial charge in [0.2, 0.25) is 0 Å². The highest BCUT2D eigenvalue weighted by Gasteiger charge is 2.54. The summed E-state index contributed by atoms with van der Waals surface area (Å²) in [5.74, 6) is -0.531. The molecule has 2 unspecified atom stereocenters. The molecule has 1 aromatic rings. The largest absolute Gasteiger partial charge is 0.465 e. The van der Waals surface area contributed by atoms with E-state index in [4.69, 9.17) is 0 Å². The Morgan fingerprint density at radius 1 is 1.44 bits per heavy atom. The number of benzene rings is 1. The van der Waals surface area contributed by atoms with Crippen LogP contribution in [0.2, 0.25) is 0 Å². The van der Waals surface area contributed by atoms with Crippen molar-refractivity contribution in [3.8, 4) is 0 Å². The van der Waals surface area contributed by atoms with Crippen molar-refractivity contribution in [3.63, 3.8) is 0 Å². The highest BCUT2D eigenvalue weighted by molar-refractivity contribution is 7.96. The van der Waals surface area contributed by atoms with E-state index in [0.717, 1.165) is 5.41 Å². The first-order valence-corrected chi connectivity index (χ1v) is 9.42. The molecule has 136 valence electrons. The first-order chi connectivity index (χ1) is 11.7. The highest BCUT2D eigenvalue weighted by Crippen LogP contribution is 2.46. The van der Waals surface area contributed by atoms with Crippen molar-refractivity contribution in [2.24, 2.45) is 0 Å². The summed E-state index contributed by atoms with van der Waals surface area (Å²) >= 11 is 0. The van der Waals surface area contributed by atoms with Gasteiger partial charge in [0.1, 0.15) is 5.82 Å². The minimum atomic E-state index is -3.81. The number of anilines is 1. The van der Waals surface area contributed by atoms with Crippen LogP contribution in [0.15, 0.2) is 35.4 Å². The molecule has 2 atom stereocenters. The quantitative estimate of drug-likeness (QED) is 0.831. The molecule has 9 heteroatoms. The molecule has 2 N–H and O–H groups in total. The molecular formula is C16H20FN3O4S. The Bertz CT molecular complexity index is 842. The van der Waals surface area contributed by atoms with E-state index in [1.807, 2.05) is 0 Å². The van der Waals surface area contributed by atoms with Crippen molar-refractivity contribution in [1.29, 1.82) is 0 Å². The number of carboxylic acid groups (broad SMARTS) is 1. The van der Waals surface area contributed by atoms with E-state index in [2.05, 4.69) is 5.32 Å². The van der Waals surface area contributed by atoms with Crippen LogP contribution in [0, 0.1) is 5.82 Å². The average Bonchev–Trinajstić information content (AvgIpc) is 2.73. The molecule has 1 fully saturated rings. The Kier molecular flexibility index (Phi) is 4.14. The van der Waals surface area contributed by atoms with Crippen LogP contribution in [0.3, 0.4) is 0 Å². The van der Waals surface area contributed by atoms with Crippen LogP contribution in [-0.2, 0) is 10.0 Å². The fourth-order valence-electron chi connectivity index (χ4n) is 3.89. The minimum absolute atomic E-state index is 0.191. The molecule has 1 amide bonds. The van der Waals surface area contributed by atoms with Crippen molar-refractivity contribution < 1.29 is 22.7 Å². The molecule has 1 aromatic carbocycles. The number of carbonyl (C=O) groups is 1. The second kappa shape index (κ2) is 5.91. The Balaban J connectivity index is 2.11. The van der Waals surface area contributed by atoms with Crippen molar-refractivity contribution in [2.45, 2.75) is 31.3 Å². The maximum Gasteiger partial charge on any atom is 0.407 e. The van der Waals surface area contributed by atoms with E-state index in [1.54, 1.807) is 20.0 Å². The van der Waals surface area contributed by atoms with E-state index in [-0.39, 0.29) is 31.1 Å². The van der Waals surface area contributed by atoms with E-state index in [1.165, 1.54) is 27.4 Å². The van der Waals surface area contributed by atoms with Crippen LogP contribution in [0.1, 0.15) is 19.8 Å². The topological polar surface area (TPSA) is 90.0 Å². The Morgan fingerprint density at radius 2 is 2.16 bits per heavy atom. The first kappa shape index (κ1) is 17.5. The van der Waals surface area contributed by atoms with Crippen LogP contribution in [0.25, 0.3) is 0 Å². The van der Waals surface area contributed by atoms with Gasteiger partial charge in [0.15, 0.2) is 0 Å². The van der Waals surface area contributed by atoms with Gasteiger partial charge in [-0.15, -0.1) is 0 Å². The van der Waals surface area contributed by atoms with Gasteiger partial charge >= 0.3 is 6.09 Å². The molecule has 0 radical (unpaired) electrons. The van der Waals surface area contributed by atoms with Gasteiger partial charge in [0.25, 0.3) is 10.0 Å². The number of hydrogen-bond donors (Lipinski definition) is 2. The van der Waals surface area contributed by atoms with Gasteiger partial charge in [0.05, 0.1) is 22.3 Å². The number of halogens is 1. The Morgan fingerprint density at radius 3 is 2.72 bits per heavy atom. The number of nitrogens with zero attached hydrogens (tertiary/aromatic N) is 2. The molecule has 0 aromatic heterocycles. The second-order valence-corrected chi connectivity index (χ2v) is 8.01. The minimum Gasteiger partial charge on any atom is -0.465 e. The second-order valence-electron chi connectivity index (χ2n) is 6.38. The van der Waals surface area contributed by atoms with Crippen LogP contribution in [0.5, 0.6) is 0 Å². The van der Waals surface area contributed by atoms with Crippen LogP contribution < -0.4 is 9.62 Å². The zero-order valence-corrected chi connectivity index (χ0v) is 14.8. The summed E-state index contributed by atoms with van der Waals surface area (Å²) in [7, 11) is -2.18. The SMILES string of the molecule is CNC1=CS(=O)(=O)N(c2cccc(F)c2)C12CCN(C(=O)O)C(C)C2. The van der Waals surface area contributed by atoms with Gasteiger partial charge in [-0.1, -0.05) is 6.07 Å². The van der Waals surface area contributed by atoms with Crippen LogP contribution in [-0.4, -0.2) is 49.7 Å². The average molecular weight is 369 g/mol. The number of nitrogens with one attached hydrogen (secondary N) is 1. The smallest absolute Gasteiger partial charge is 0.407 e. The van der Waals surface area contributed by atoms with E-state index >= 15 is 0 Å². The number of amides is 1. The number of rotatable bonds is 2. The Hall–Kier alpha value is -2.29. The van der Waals surface area contributed by atoms with E-state index < -0.39 is 27.5 Å². The standard InChI is InChI=1S/C16H20FN3O4S/c1-11-9-16(6-7-19(11)15(21)22)14(18-2)10-25(23,24)20(16)13-5-3-4-12(17)8-13/h3-5,8,10-11,18H,6-7,9H2,1-2H3,(H,21,22). The summed E-state index contributed by atoms with van der Waals surface area (Å²) in [6, 6.07) is 5.05. The number of piperidine rings is 1. The molecular weight excluding hydrogens is 349 g/mol. The molecule has 2 aliphatic rings. The lowest BCUT2D eigenvalue weighted by Crippen LogP contribution is -2.60. The fraction of sp³-hybridized carbons (Fsp3) is 0.438. The van der Waals surface area contributed by atoms with E-state index in [0.29, 0.717) is 5.70 Å². The highest BCUT2D eigenvalue weighted by atomic mass is 32.2. The summed E-state index contributed by atoms with van der Waals surface area (Å²) in [5.41, 5.74) is -0.224. The maximum atomic E-state index is 13.7. The molecule has 25 heavy (non-hydrogen) atoms. The summed E-state index contributed by atoms with van der Waals surface area (Å²) in [6.45, 7) is 1.94. The monoisotopic (exact) mass is 369 g/mol. The normalized spacial score (nSPS) is 28.1. The molecule has 0 aliphatic carbocycles. The van der Waals surface area contributed by atoms with Crippen molar-refractivity contribution in [3.05, 3.63) is 41.2 Å². The van der Waals surface area contributed by atoms with Gasteiger partial charge in [0, 0.05) is 19.6 Å². The lowest BCUT2D eigenvalue weighted by Gasteiger charge is -2.48. The summed E-state index contributed by atoms with van der Waals surface area (Å²) in [5, 5.41) is 13.4. The molecule has 0 bridgehead atoms. The molecule has 0 saturated carbocycles.